The summed E-state index contributed by atoms with van der Waals surface area (Å²) in [7, 11) is 0. The molecule has 7 heteroatoms. The fourth-order valence-electron chi connectivity index (χ4n) is 3.23. The Labute approximate surface area is 169 Å². The largest absolute Gasteiger partial charge is 0.490 e. The Kier molecular flexibility index (Phi) is 5.70. The molecule has 6 nitrogen and oxygen atoms in total. The Bertz CT molecular complexity index is 818. The quantitative estimate of drug-likeness (QED) is 0.677. The van der Waals surface area contributed by atoms with Gasteiger partial charge in [0.25, 0.3) is 0 Å². The van der Waals surface area contributed by atoms with Crippen LogP contribution in [0.1, 0.15) is 59.1 Å². The van der Waals surface area contributed by atoms with Crippen molar-refractivity contribution in [2.24, 2.45) is 0 Å². The topological polar surface area (TPSA) is 56.1 Å². The van der Waals surface area contributed by atoms with E-state index in [1.54, 1.807) is 4.90 Å². The molecule has 27 heavy (non-hydrogen) atoms. The molecule has 2 aromatic rings. The zero-order valence-electron chi connectivity index (χ0n) is 16.7. The summed E-state index contributed by atoms with van der Waals surface area (Å²) in [5, 5.41) is 0. The minimum Gasteiger partial charge on any atom is -0.490 e. The lowest BCUT2D eigenvalue weighted by atomic mass is 9.94. The number of hydrogen-bond acceptors (Lipinski definition) is 4. The summed E-state index contributed by atoms with van der Waals surface area (Å²) in [5.41, 5.74) is 1.48. The number of nitrogens with zero attached hydrogens (tertiary/aromatic N) is 3. The van der Waals surface area contributed by atoms with E-state index < -0.39 is 5.60 Å². The Morgan fingerprint density at radius 3 is 2.52 bits per heavy atom. The van der Waals surface area contributed by atoms with Crippen LogP contribution in [0.4, 0.5) is 4.79 Å². The van der Waals surface area contributed by atoms with E-state index in [-0.39, 0.29) is 12.2 Å². The molecule has 148 valence electrons. The third-order valence-corrected chi connectivity index (χ3v) is 5.05. The molecule has 0 atom stereocenters. The number of rotatable bonds is 3. The summed E-state index contributed by atoms with van der Waals surface area (Å²) >= 11 is 3.57. The number of hydrogen-bond donors (Lipinski definition) is 0. The van der Waals surface area contributed by atoms with Crippen LogP contribution in [0.2, 0.25) is 0 Å². The van der Waals surface area contributed by atoms with Crippen LogP contribution in [0.5, 0.6) is 5.75 Å². The van der Waals surface area contributed by atoms with Crippen molar-refractivity contribution in [2.75, 3.05) is 13.1 Å². The van der Waals surface area contributed by atoms with Gasteiger partial charge in [-0.3, -0.25) is 0 Å². The van der Waals surface area contributed by atoms with Crippen molar-refractivity contribution in [3.63, 3.8) is 0 Å². The summed E-state index contributed by atoms with van der Waals surface area (Å²) in [5.74, 6) is 1.14. The summed E-state index contributed by atoms with van der Waals surface area (Å²) < 4.78 is 14.2. The van der Waals surface area contributed by atoms with Gasteiger partial charge in [-0.25, -0.2) is 9.78 Å². The van der Waals surface area contributed by atoms with Crippen LogP contribution in [0, 0.1) is 0 Å². The second-order valence-corrected chi connectivity index (χ2v) is 9.18. The molecule has 0 spiro atoms. The molecule has 0 saturated carbocycles. The Balaban J connectivity index is 1.69. The number of aromatic nitrogens is 2. The highest BCUT2D eigenvalue weighted by Gasteiger charge is 2.28. The predicted molar refractivity (Wildman–Crippen MR) is 108 cm³/mol. The molecule has 1 aliphatic heterocycles. The maximum absolute atomic E-state index is 12.2. The number of likely N-dealkylation sites (tertiary alicyclic amines) is 1. The van der Waals surface area contributed by atoms with E-state index in [1.165, 1.54) is 0 Å². The number of imidazole rings is 1. The van der Waals surface area contributed by atoms with Crippen LogP contribution in [0.25, 0.3) is 5.65 Å². The molecular formula is C20H28BrN3O3. The third-order valence-electron chi connectivity index (χ3n) is 4.46. The molecule has 0 N–H and O–H groups in total. The smallest absolute Gasteiger partial charge is 0.410 e. The lowest BCUT2D eigenvalue weighted by Gasteiger charge is -2.32. The van der Waals surface area contributed by atoms with Gasteiger partial charge in [-0.05, 0) is 63.4 Å². The SMILES string of the molecule is CC(C)Oc1cc2nc(C3CCN(C(=O)OC(C)(C)C)CC3)cn2cc1Br. The number of carbonyl (C=O) groups excluding carboxylic acids is 1. The fraction of sp³-hybridized carbons (Fsp3) is 0.600. The molecule has 1 amide bonds. The molecule has 0 bridgehead atoms. The van der Waals surface area contributed by atoms with Crippen LogP contribution >= 0.6 is 15.9 Å². The zero-order chi connectivity index (χ0) is 19.8. The molecule has 1 fully saturated rings. The van der Waals surface area contributed by atoms with Gasteiger partial charge in [0.05, 0.1) is 16.3 Å². The van der Waals surface area contributed by atoms with Crippen molar-refractivity contribution in [1.29, 1.82) is 0 Å². The highest BCUT2D eigenvalue weighted by Crippen LogP contribution is 2.31. The van der Waals surface area contributed by atoms with Gasteiger partial charge in [-0.15, -0.1) is 0 Å². The molecule has 0 aromatic carbocycles. The summed E-state index contributed by atoms with van der Waals surface area (Å²) in [6, 6.07) is 1.96. The van der Waals surface area contributed by atoms with Gasteiger partial charge in [0, 0.05) is 37.5 Å². The Morgan fingerprint density at radius 2 is 1.93 bits per heavy atom. The number of ether oxygens (including phenoxy) is 2. The summed E-state index contributed by atoms with van der Waals surface area (Å²) in [6.07, 6.45) is 5.72. The first-order valence-corrected chi connectivity index (χ1v) is 10.2. The maximum atomic E-state index is 12.2. The second-order valence-electron chi connectivity index (χ2n) is 8.33. The number of piperidine rings is 1. The van der Waals surface area contributed by atoms with Gasteiger partial charge < -0.3 is 18.8 Å². The van der Waals surface area contributed by atoms with E-state index in [9.17, 15) is 4.79 Å². The second kappa shape index (κ2) is 7.70. The number of fused-ring (bicyclic) bond motifs is 1. The van der Waals surface area contributed by atoms with Crippen molar-refractivity contribution in [2.45, 2.75) is 65.1 Å². The van der Waals surface area contributed by atoms with Gasteiger partial charge in [0.2, 0.25) is 0 Å². The van der Waals surface area contributed by atoms with E-state index in [1.807, 2.05) is 51.3 Å². The van der Waals surface area contributed by atoms with E-state index in [0.717, 1.165) is 34.4 Å². The average molecular weight is 438 g/mol. The number of halogens is 1. The molecular weight excluding hydrogens is 410 g/mol. The van der Waals surface area contributed by atoms with Gasteiger partial charge in [0.1, 0.15) is 17.0 Å². The third kappa shape index (κ3) is 4.94. The highest BCUT2D eigenvalue weighted by atomic mass is 79.9. The van der Waals surface area contributed by atoms with Gasteiger partial charge in [-0.2, -0.15) is 0 Å². The lowest BCUT2D eigenvalue weighted by molar-refractivity contribution is 0.0204. The van der Waals surface area contributed by atoms with Crippen molar-refractivity contribution < 1.29 is 14.3 Å². The van der Waals surface area contributed by atoms with Crippen molar-refractivity contribution >= 4 is 27.7 Å². The fourth-order valence-corrected chi connectivity index (χ4v) is 3.66. The summed E-state index contributed by atoms with van der Waals surface area (Å²) in [4.78, 5) is 18.8. The molecule has 3 rings (SSSR count). The lowest BCUT2D eigenvalue weighted by Crippen LogP contribution is -2.41. The first kappa shape index (κ1) is 20.0. The standard InChI is InChI=1S/C20H28BrN3O3/c1-13(2)26-17-10-18-22-16(12-24(18)11-15(17)21)14-6-8-23(9-7-14)19(25)27-20(3,4)5/h10-14H,6-9H2,1-5H3. The molecule has 0 radical (unpaired) electrons. The summed E-state index contributed by atoms with van der Waals surface area (Å²) in [6.45, 7) is 11.1. The van der Waals surface area contributed by atoms with Crippen LogP contribution in [0.3, 0.4) is 0 Å². The molecule has 1 saturated heterocycles. The minimum atomic E-state index is -0.460. The van der Waals surface area contributed by atoms with Gasteiger partial charge in [-0.1, -0.05) is 0 Å². The van der Waals surface area contributed by atoms with Gasteiger partial charge in [0.15, 0.2) is 0 Å². The number of amides is 1. The monoisotopic (exact) mass is 437 g/mol. The first-order chi connectivity index (χ1) is 12.6. The van der Waals surface area contributed by atoms with Gasteiger partial charge >= 0.3 is 6.09 Å². The number of carbonyl (C=O) groups is 1. The predicted octanol–water partition coefficient (Wildman–Crippen LogP) is 5.00. The molecule has 0 unspecified atom stereocenters. The maximum Gasteiger partial charge on any atom is 0.410 e. The van der Waals surface area contributed by atoms with Crippen molar-refractivity contribution in [3.8, 4) is 5.75 Å². The minimum absolute atomic E-state index is 0.107. The van der Waals surface area contributed by atoms with Crippen LogP contribution in [-0.4, -0.2) is 45.2 Å². The molecule has 0 aliphatic carbocycles. The highest BCUT2D eigenvalue weighted by molar-refractivity contribution is 9.10. The Hall–Kier alpha value is -1.76. The normalized spacial score (nSPS) is 16.2. The number of pyridine rings is 1. The van der Waals surface area contributed by atoms with Crippen molar-refractivity contribution in [3.05, 3.63) is 28.6 Å². The van der Waals surface area contributed by atoms with Crippen molar-refractivity contribution in [1.82, 2.24) is 14.3 Å². The van der Waals surface area contributed by atoms with E-state index in [4.69, 9.17) is 14.5 Å². The van der Waals surface area contributed by atoms with E-state index >= 15 is 0 Å². The molecule has 1 aliphatic rings. The van der Waals surface area contributed by atoms with E-state index in [0.29, 0.717) is 19.0 Å². The zero-order valence-corrected chi connectivity index (χ0v) is 18.2. The Morgan fingerprint density at radius 1 is 1.26 bits per heavy atom. The van der Waals surface area contributed by atoms with Crippen LogP contribution in [-0.2, 0) is 4.74 Å². The molecule has 3 heterocycles. The van der Waals surface area contributed by atoms with Crippen LogP contribution < -0.4 is 4.74 Å². The van der Waals surface area contributed by atoms with Crippen LogP contribution in [0.15, 0.2) is 22.9 Å². The average Bonchev–Trinajstić information content (AvgIpc) is 2.96. The first-order valence-electron chi connectivity index (χ1n) is 9.45. The van der Waals surface area contributed by atoms with E-state index in [2.05, 4.69) is 22.1 Å². The molecule has 2 aromatic heterocycles.